The molecule has 17 heavy (non-hydrogen) atoms. The van der Waals surface area contributed by atoms with E-state index in [4.69, 9.17) is 5.73 Å². The van der Waals surface area contributed by atoms with E-state index in [1.54, 1.807) is 17.1 Å². The Hall–Kier alpha value is -1.56. The van der Waals surface area contributed by atoms with Gasteiger partial charge in [0, 0.05) is 25.8 Å². The van der Waals surface area contributed by atoms with E-state index in [1.165, 1.54) is 0 Å². The van der Waals surface area contributed by atoms with Crippen LogP contribution in [0.2, 0.25) is 0 Å². The van der Waals surface area contributed by atoms with Crippen LogP contribution in [0.15, 0.2) is 12.4 Å². The lowest BCUT2D eigenvalue weighted by molar-refractivity contribution is -0.135. The average molecular weight is 237 g/mol. The number of nitrogens with zero attached hydrogens (tertiary/aromatic N) is 3. The molecule has 1 saturated heterocycles. The molecule has 0 bridgehead atoms. The molecular weight excluding hydrogens is 218 g/mol. The highest BCUT2D eigenvalue weighted by atomic mass is 16.2. The standard InChI is InChI=1S/C11H19N5O/c1-11(2)10(17)13-3-4-15(11)5-6-16-8-9(12)7-14-16/h7-8H,3-6,12H2,1-2H3,(H,13,17). The summed E-state index contributed by atoms with van der Waals surface area (Å²) in [7, 11) is 0. The number of hydrogen-bond acceptors (Lipinski definition) is 4. The molecule has 0 saturated carbocycles. The van der Waals surface area contributed by atoms with Gasteiger partial charge >= 0.3 is 0 Å². The summed E-state index contributed by atoms with van der Waals surface area (Å²) in [6.45, 7) is 7.01. The number of aromatic nitrogens is 2. The van der Waals surface area contributed by atoms with Gasteiger partial charge in [0.05, 0.1) is 24.0 Å². The average Bonchev–Trinajstić information content (AvgIpc) is 2.67. The number of carbonyl (C=O) groups is 1. The zero-order chi connectivity index (χ0) is 12.5. The lowest BCUT2D eigenvalue weighted by atomic mass is 9.99. The van der Waals surface area contributed by atoms with Crippen molar-refractivity contribution in [1.82, 2.24) is 20.0 Å². The van der Waals surface area contributed by atoms with Crippen molar-refractivity contribution >= 4 is 11.6 Å². The molecule has 1 aromatic rings. The molecule has 6 nitrogen and oxygen atoms in total. The Morgan fingerprint density at radius 3 is 2.94 bits per heavy atom. The van der Waals surface area contributed by atoms with Crippen LogP contribution in [0.4, 0.5) is 5.69 Å². The summed E-state index contributed by atoms with van der Waals surface area (Å²) in [4.78, 5) is 13.9. The van der Waals surface area contributed by atoms with Crippen molar-refractivity contribution in [2.24, 2.45) is 0 Å². The summed E-state index contributed by atoms with van der Waals surface area (Å²) in [6.07, 6.45) is 3.44. The zero-order valence-electron chi connectivity index (χ0n) is 10.3. The van der Waals surface area contributed by atoms with Crippen molar-refractivity contribution in [1.29, 1.82) is 0 Å². The van der Waals surface area contributed by atoms with E-state index in [9.17, 15) is 4.79 Å². The van der Waals surface area contributed by atoms with Crippen LogP contribution in [0, 0.1) is 0 Å². The predicted octanol–water partition coefficient (Wildman–Crippen LogP) is -0.324. The van der Waals surface area contributed by atoms with E-state index >= 15 is 0 Å². The predicted molar refractivity (Wildman–Crippen MR) is 65.3 cm³/mol. The highest BCUT2D eigenvalue weighted by Gasteiger charge is 2.36. The number of rotatable bonds is 3. The third-order valence-corrected chi connectivity index (χ3v) is 3.27. The summed E-state index contributed by atoms with van der Waals surface area (Å²) in [6, 6.07) is 0. The van der Waals surface area contributed by atoms with E-state index in [1.807, 2.05) is 13.8 Å². The Kier molecular flexibility index (Phi) is 3.06. The van der Waals surface area contributed by atoms with Crippen molar-refractivity contribution in [2.75, 3.05) is 25.4 Å². The topological polar surface area (TPSA) is 76.2 Å². The van der Waals surface area contributed by atoms with Gasteiger partial charge < -0.3 is 11.1 Å². The quantitative estimate of drug-likeness (QED) is 0.755. The van der Waals surface area contributed by atoms with Gasteiger partial charge in [0.1, 0.15) is 0 Å². The Bertz CT molecular complexity index is 412. The van der Waals surface area contributed by atoms with Crippen LogP contribution >= 0.6 is 0 Å². The fourth-order valence-electron chi connectivity index (χ4n) is 2.06. The maximum Gasteiger partial charge on any atom is 0.240 e. The second-order valence-corrected chi connectivity index (χ2v) is 4.84. The van der Waals surface area contributed by atoms with Crippen LogP contribution in [0.25, 0.3) is 0 Å². The molecule has 0 unspecified atom stereocenters. The fraction of sp³-hybridized carbons (Fsp3) is 0.636. The van der Waals surface area contributed by atoms with Gasteiger partial charge in [-0.05, 0) is 13.8 Å². The summed E-state index contributed by atoms with van der Waals surface area (Å²) in [5.74, 6) is 0.0868. The van der Waals surface area contributed by atoms with Crippen LogP contribution in [-0.4, -0.2) is 45.8 Å². The Morgan fingerprint density at radius 1 is 1.53 bits per heavy atom. The Balaban J connectivity index is 1.96. The molecule has 1 aliphatic heterocycles. The normalized spacial score (nSPS) is 20.2. The zero-order valence-corrected chi connectivity index (χ0v) is 10.3. The van der Waals surface area contributed by atoms with Crippen molar-refractivity contribution in [3.05, 3.63) is 12.4 Å². The first-order valence-corrected chi connectivity index (χ1v) is 5.81. The third-order valence-electron chi connectivity index (χ3n) is 3.27. The molecule has 1 amide bonds. The van der Waals surface area contributed by atoms with Crippen LogP contribution in [0.3, 0.4) is 0 Å². The molecule has 2 rings (SSSR count). The number of piperazine rings is 1. The minimum atomic E-state index is -0.447. The first kappa shape index (κ1) is 11.9. The number of nitrogens with one attached hydrogen (secondary N) is 1. The SMILES string of the molecule is CC1(C)C(=O)NCCN1CCn1cc(N)cn1. The summed E-state index contributed by atoms with van der Waals surface area (Å²) in [5.41, 5.74) is 5.82. The molecular formula is C11H19N5O. The Labute approximate surface area is 101 Å². The summed E-state index contributed by atoms with van der Waals surface area (Å²) < 4.78 is 1.80. The van der Waals surface area contributed by atoms with Gasteiger partial charge in [-0.15, -0.1) is 0 Å². The third kappa shape index (κ3) is 2.41. The van der Waals surface area contributed by atoms with E-state index in [-0.39, 0.29) is 5.91 Å². The lowest BCUT2D eigenvalue weighted by Crippen LogP contribution is -2.62. The molecule has 0 aromatic carbocycles. The second-order valence-electron chi connectivity index (χ2n) is 4.84. The summed E-state index contributed by atoms with van der Waals surface area (Å²) in [5, 5.41) is 7.01. The molecule has 0 atom stereocenters. The van der Waals surface area contributed by atoms with E-state index in [0.29, 0.717) is 12.2 Å². The number of carbonyl (C=O) groups excluding carboxylic acids is 1. The molecule has 1 aromatic heterocycles. The minimum absolute atomic E-state index is 0.0868. The van der Waals surface area contributed by atoms with Gasteiger partial charge in [-0.3, -0.25) is 14.4 Å². The van der Waals surface area contributed by atoms with Gasteiger partial charge in [-0.1, -0.05) is 0 Å². The van der Waals surface area contributed by atoms with Crippen molar-refractivity contribution in [3.63, 3.8) is 0 Å². The molecule has 6 heteroatoms. The highest BCUT2D eigenvalue weighted by molar-refractivity contribution is 5.86. The van der Waals surface area contributed by atoms with Crippen molar-refractivity contribution in [3.8, 4) is 0 Å². The lowest BCUT2D eigenvalue weighted by Gasteiger charge is -2.41. The molecule has 0 aliphatic carbocycles. The van der Waals surface area contributed by atoms with Gasteiger partial charge in [0.25, 0.3) is 0 Å². The van der Waals surface area contributed by atoms with Crippen LogP contribution in [0.1, 0.15) is 13.8 Å². The van der Waals surface area contributed by atoms with E-state index in [0.717, 1.165) is 19.6 Å². The van der Waals surface area contributed by atoms with Crippen LogP contribution in [0.5, 0.6) is 0 Å². The van der Waals surface area contributed by atoms with Gasteiger partial charge in [-0.2, -0.15) is 5.10 Å². The summed E-state index contributed by atoms with van der Waals surface area (Å²) >= 11 is 0. The van der Waals surface area contributed by atoms with Gasteiger partial charge in [0.15, 0.2) is 0 Å². The monoisotopic (exact) mass is 237 g/mol. The number of amides is 1. The number of nitrogens with two attached hydrogens (primary N) is 1. The van der Waals surface area contributed by atoms with Crippen molar-refractivity contribution in [2.45, 2.75) is 25.9 Å². The van der Waals surface area contributed by atoms with Gasteiger partial charge in [-0.25, -0.2) is 0 Å². The van der Waals surface area contributed by atoms with Gasteiger partial charge in [0.2, 0.25) is 5.91 Å². The molecule has 94 valence electrons. The molecule has 1 aliphatic rings. The first-order valence-electron chi connectivity index (χ1n) is 5.81. The smallest absolute Gasteiger partial charge is 0.240 e. The Morgan fingerprint density at radius 2 is 2.29 bits per heavy atom. The molecule has 0 radical (unpaired) electrons. The first-order chi connectivity index (χ1) is 8.00. The maximum atomic E-state index is 11.7. The van der Waals surface area contributed by atoms with E-state index in [2.05, 4.69) is 15.3 Å². The second kappa shape index (κ2) is 4.37. The minimum Gasteiger partial charge on any atom is -0.396 e. The number of anilines is 1. The molecule has 0 spiro atoms. The molecule has 3 N–H and O–H groups in total. The van der Waals surface area contributed by atoms with Crippen molar-refractivity contribution < 1.29 is 4.79 Å². The number of hydrogen-bond donors (Lipinski definition) is 2. The molecule has 1 fully saturated rings. The number of nitrogen functional groups attached to an aromatic ring is 1. The molecule has 2 heterocycles. The highest BCUT2D eigenvalue weighted by Crippen LogP contribution is 2.17. The maximum absolute atomic E-state index is 11.7. The van der Waals surface area contributed by atoms with E-state index < -0.39 is 5.54 Å². The largest absolute Gasteiger partial charge is 0.396 e. The van der Waals surface area contributed by atoms with Crippen LogP contribution < -0.4 is 11.1 Å². The van der Waals surface area contributed by atoms with Crippen LogP contribution in [-0.2, 0) is 11.3 Å². The fourth-order valence-corrected chi connectivity index (χ4v) is 2.06.